The van der Waals surface area contributed by atoms with Crippen LogP contribution >= 0.6 is 0 Å². The van der Waals surface area contributed by atoms with Crippen LogP contribution in [0.15, 0.2) is 0 Å². The first kappa shape index (κ1) is 14.2. The van der Waals surface area contributed by atoms with E-state index in [0.717, 1.165) is 13.0 Å². The molecule has 4 unspecified atom stereocenters. The minimum absolute atomic E-state index is 0.0228. The Morgan fingerprint density at radius 2 is 1.74 bits per heavy atom. The minimum Gasteiger partial charge on any atom is -0.481 e. The van der Waals surface area contributed by atoms with E-state index in [9.17, 15) is 9.59 Å². The Morgan fingerprint density at radius 3 is 2.32 bits per heavy atom. The van der Waals surface area contributed by atoms with Crippen molar-refractivity contribution in [3.05, 3.63) is 0 Å². The Balaban J connectivity index is 2.02. The first-order chi connectivity index (χ1) is 8.90. The number of amides is 2. The molecule has 0 spiro atoms. The van der Waals surface area contributed by atoms with Gasteiger partial charge < -0.3 is 14.9 Å². The first-order valence-electron chi connectivity index (χ1n) is 7.18. The summed E-state index contributed by atoms with van der Waals surface area (Å²) in [6.45, 7) is 7.87. The summed E-state index contributed by atoms with van der Waals surface area (Å²) in [5.74, 6) is -0.626. The van der Waals surface area contributed by atoms with Gasteiger partial charge in [0.2, 0.25) is 0 Å². The second kappa shape index (κ2) is 5.39. The third kappa shape index (κ3) is 2.85. The molecular weight excluding hydrogens is 244 g/mol. The van der Waals surface area contributed by atoms with Gasteiger partial charge in [-0.2, -0.15) is 0 Å². The van der Waals surface area contributed by atoms with Crippen LogP contribution in [0.2, 0.25) is 0 Å². The van der Waals surface area contributed by atoms with Crippen molar-refractivity contribution in [2.75, 3.05) is 19.6 Å². The van der Waals surface area contributed by atoms with Crippen molar-refractivity contribution < 1.29 is 14.7 Å². The zero-order valence-electron chi connectivity index (χ0n) is 12.0. The highest BCUT2D eigenvalue weighted by molar-refractivity contribution is 5.78. The maximum absolute atomic E-state index is 12.5. The van der Waals surface area contributed by atoms with E-state index in [1.54, 1.807) is 4.90 Å². The number of carbonyl (C=O) groups is 2. The number of nitrogens with zero attached hydrogens (tertiary/aromatic N) is 2. The predicted molar refractivity (Wildman–Crippen MR) is 71.8 cm³/mol. The van der Waals surface area contributed by atoms with Gasteiger partial charge in [0.25, 0.3) is 0 Å². The van der Waals surface area contributed by atoms with Crippen LogP contribution in [0.5, 0.6) is 0 Å². The standard InChI is InChI=1S/C14H24N2O3/c1-9-4-5-11(3)16(6-9)14(19)15-7-10(2)12(8-15)13(17)18/h9-12H,4-8H2,1-3H3,(H,17,18). The molecule has 0 aliphatic carbocycles. The molecule has 2 aliphatic rings. The molecule has 4 atom stereocenters. The summed E-state index contributed by atoms with van der Waals surface area (Å²) in [7, 11) is 0. The van der Waals surface area contributed by atoms with Gasteiger partial charge in [-0.3, -0.25) is 4.79 Å². The number of piperidine rings is 1. The number of urea groups is 1. The first-order valence-corrected chi connectivity index (χ1v) is 7.18. The van der Waals surface area contributed by atoms with E-state index < -0.39 is 11.9 Å². The third-order valence-corrected chi connectivity index (χ3v) is 4.56. The number of hydrogen-bond acceptors (Lipinski definition) is 2. The number of carboxylic acid groups (broad SMARTS) is 1. The summed E-state index contributed by atoms with van der Waals surface area (Å²) >= 11 is 0. The van der Waals surface area contributed by atoms with Crippen molar-refractivity contribution in [1.82, 2.24) is 9.80 Å². The Kier molecular flexibility index (Phi) is 4.02. The van der Waals surface area contributed by atoms with Crippen molar-refractivity contribution in [3.63, 3.8) is 0 Å². The molecule has 2 saturated heterocycles. The maximum Gasteiger partial charge on any atom is 0.320 e. The lowest BCUT2D eigenvalue weighted by Crippen LogP contribution is -2.50. The lowest BCUT2D eigenvalue weighted by atomic mass is 9.95. The molecule has 2 heterocycles. The van der Waals surface area contributed by atoms with Crippen LogP contribution in [-0.4, -0.2) is 52.6 Å². The van der Waals surface area contributed by atoms with Gasteiger partial charge in [0.05, 0.1) is 5.92 Å². The fraction of sp³-hybridized carbons (Fsp3) is 0.857. The lowest BCUT2D eigenvalue weighted by Gasteiger charge is -2.39. The van der Waals surface area contributed by atoms with Crippen molar-refractivity contribution in [3.8, 4) is 0 Å². The molecule has 0 saturated carbocycles. The van der Waals surface area contributed by atoms with Gasteiger partial charge in [-0.1, -0.05) is 13.8 Å². The van der Waals surface area contributed by atoms with Gasteiger partial charge in [0, 0.05) is 25.7 Å². The fourth-order valence-electron chi connectivity index (χ4n) is 3.18. The molecule has 0 aromatic rings. The highest BCUT2D eigenvalue weighted by atomic mass is 16.4. The zero-order valence-corrected chi connectivity index (χ0v) is 12.0. The molecule has 108 valence electrons. The molecule has 5 heteroatoms. The molecule has 2 rings (SSSR count). The average Bonchev–Trinajstić information content (AvgIpc) is 2.74. The summed E-state index contributed by atoms with van der Waals surface area (Å²) in [6, 6.07) is 0.289. The maximum atomic E-state index is 12.5. The normalized spacial score (nSPS) is 35.5. The van der Waals surface area contributed by atoms with Gasteiger partial charge in [0.1, 0.15) is 0 Å². The molecule has 0 aromatic carbocycles. The smallest absolute Gasteiger partial charge is 0.320 e. The van der Waals surface area contributed by atoms with E-state index in [2.05, 4.69) is 13.8 Å². The van der Waals surface area contributed by atoms with Crippen LogP contribution in [0.4, 0.5) is 4.79 Å². The van der Waals surface area contributed by atoms with Gasteiger partial charge in [-0.15, -0.1) is 0 Å². The van der Waals surface area contributed by atoms with Gasteiger partial charge in [-0.25, -0.2) is 4.79 Å². The lowest BCUT2D eigenvalue weighted by molar-refractivity contribution is -0.142. The van der Waals surface area contributed by atoms with Crippen LogP contribution in [0.25, 0.3) is 0 Å². The number of rotatable bonds is 1. The molecule has 19 heavy (non-hydrogen) atoms. The molecule has 2 fully saturated rings. The second-order valence-electron chi connectivity index (χ2n) is 6.29. The molecule has 2 aliphatic heterocycles. The average molecular weight is 268 g/mol. The van der Waals surface area contributed by atoms with E-state index in [4.69, 9.17) is 5.11 Å². The molecule has 1 N–H and O–H groups in total. The number of carbonyl (C=O) groups excluding carboxylic acids is 1. The van der Waals surface area contributed by atoms with E-state index in [1.807, 2.05) is 11.8 Å². The van der Waals surface area contributed by atoms with Crippen LogP contribution < -0.4 is 0 Å². The highest BCUT2D eigenvalue weighted by Crippen LogP contribution is 2.27. The summed E-state index contributed by atoms with van der Waals surface area (Å²) in [5.41, 5.74) is 0. The van der Waals surface area contributed by atoms with Crippen molar-refractivity contribution in [2.24, 2.45) is 17.8 Å². The number of aliphatic carboxylic acids is 1. The quantitative estimate of drug-likeness (QED) is 0.790. The minimum atomic E-state index is -0.789. The molecule has 5 nitrogen and oxygen atoms in total. The Labute approximate surface area is 114 Å². The summed E-state index contributed by atoms with van der Waals surface area (Å²) < 4.78 is 0. The Bertz CT molecular complexity index is 372. The topological polar surface area (TPSA) is 60.9 Å². The monoisotopic (exact) mass is 268 g/mol. The van der Waals surface area contributed by atoms with Gasteiger partial charge >= 0.3 is 12.0 Å². The Morgan fingerprint density at radius 1 is 1.05 bits per heavy atom. The second-order valence-corrected chi connectivity index (χ2v) is 6.29. The van der Waals surface area contributed by atoms with E-state index in [0.29, 0.717) is 19.0 Å². The van der Waals surface area contributed by atoms with Crippen molar-refractivity contribution in [1.29, 1.82) is 0 Å². The number of hydrogen-bond donors (Lipinski definition) is 1. The molecular formula is C14H24N2O3. The Hall–Kier alpha value is -1.26. The van der Waals surface area contributed by atoms with Gasteiger partial charge in [0.15, 0.2) is 0 Å². The van der Waals surface area contributed by atoms with E-state index in [1.165, 1.54) is 6.42 Å². The third-order valence-electron chi connectivity index (χ3n) is 4.56. The van der Waals surface area contributed by atoms with Crippen molar-refractivity contribution >= 4 is 12.0 Å². The van der Waals surface area contributed by atoms with Crippen LogP contribution in [0.3, 0.4) is 0 Å². The molecule has 0 radical (unpaired) electrons. The van der Waals surface area contributed by atoms with Gasteiger partial charge in [-0.05, 0) is 31.6 Å². The molecule has 0 aromatic heterocycles. The summed E-state index contributed by atoms with van der Waals surface area (Å²) in [6.07, 6.45) is 2.21. The fourth-order valence-corrected chi connectivity index (χ4v) is 3.18. The summed E-state index contributed by atoms with van der Waals surface area (Å²) in [5, 5.41) is 9.14. The molecule has 0 bridgehead atoms. The van der Waals surface area contributed by atoms with Crippen molar-refractivity contribution in [2.45, 2.75) is 39.7 Å². The summed E-state index contributed by atoms with van der Waals surface area (Å²) in [4.78, 5) is 27.3. The van der Waals surface area contributed by atoms with Crippen LogP contribution in [0.1, 0.15) is 33.6 Å². The zero-order chi connectivity index (χ0) is 14.2. The van der Waals surface area contributed by atoms with Crippen LogP contribution in [-0.2, 0) is 4.79 Å². The SMILES string of the molecule is CC1CCC(C)N(C(=O)N2CC(C)C(C(=O)O)C2)C1. The largest absolute Gasteiger partial charge is 0.481 e. The number of carboxylic acids is 1. The van der Waals surface area contributed by atoms with E-state index in [-0.39, 0.29) is 18.0 Å². The predicted octanol–water partition coefficient (Wildman–Crippen LogP) is 1.88. The van der Waals surface area contributed by atoms with Crippen LogP contribution in [0, 0.1) is 17.8 Å². The number of likely N-dealkylation sites (tertiary alicyclic amines) is 2. The highest BCUT2D eigenvalue weighted by Gasteiger charge is 2.39. The molecule has 2 amide bonds. The van der Waals surface area contributed by atoms with E-state index >= 15 is 0 Å².